The van der Waals surface area contributed by atoms with Crippen molar-refractivity contribution in [3.63, 3.8) is 0 Å². The van der Waals surface area contributed by atoms with Gasteiger partial charge in [-0.1, -0.05) is 60.7 Å². The summed E-state index contributed by atoms with van der Waals surface area (Å²) in [5.41, 5.74) is 4.39. The minimum atomic E-state index is -0.686. The van der Waals surface area contributed by atoms with Crippen LogP contribution in [-0.4, -0.2) is 54.0 Å². The van der Waals surface area contributed by atoms with E-state index >= 15 is 0 Å². The summed E-state index contributed by atoms with van der Waals surface area (Å²) in [5, 5.41) is 3.84. The predicted octanol–water partition coefficient (Wildman–Crippen LogP) is 4.03. The Hall–Kier alpha value is -4.43. The second kappa shape index (κ2) is 9.22. The fourth-order valence-electron chi connectivity index (χ4n) is 5.50. The standard InChI is InChI=1S/C29H26N4O4/c1-37-16-15-30-27(34)20-12-6-8-14-23(20)33-28(35)24-17-21-19-11-5-7-13-22(19)31-25(21)26(32(24)29(33)36)18-9-3-2-4-10-18/h2-14,24,26,31H,15-17H2,1H3,(H,30,34). The van der Waals surface area contributed by atoms with Gasteiger partial charge in [0.25, 0.3) is 11.8 Å². The Kier molecular flexibility index (Phi) is 5.73. The number of H-pyrrole nitrogens is 1. The first-order valence-corrected chi connectivity index (χ1v) is 12.3. The summed E-state index contributed by atoms with van der Waals surface area (Å²) in [7, 11) is 1.56. The predicted molar refractivity (Wildman–Crippen MR) is 139 cm³/mol. The van der Waals surface area contributed by atoms with Crippen LogP contribution in [0.1, 0.15) is 33.2 Å². The quantitative estimate of drug-likeness (QED) is 0.313. The first-order chi connectivity index (χ1) is 18.1. The highest BCUT2D eigenvalue weighted by Gasteiger charge is 2.53. The molecule has 3 aromatic carbocycles. The van der Waals surface area contributed by atoms with Gasteiger partial charge in [-0.25, -0.2) is 9.69 Å². The van der Waals surface area contributed by atoms with Crippen LogP contribution in [0.5, 0.6) is 0 Å². The van der Waals surface area contributed by atoms with Gasteiger partial charge < -0.3 is 15.0 Å². The lowest BCUT2D eigenvalue weighted by atomic mass is 9.89. The maximum atomic E-state index is 14.1. The number of para-hydroxylation sites is 2. The Bertz CT molecular complexity index is 1510. The number of imide groups is 1. The van der Waals surface area contributed by atoms with Gasteiger partial charge in [-0.15, -0.1) is 0 Å². The highest BCUT2D eigenvalue weighted by molar-refractivity contribution is 6.24. The Morgan fingerprint density at radius 1 is 1.00 bits per heavy atom. The summed E-state index contributed by atoms with van der Waals surface area (Å²) in [5.74, 6) is -0.701. The van der Waals surface area contributed by atoms with Crippen molar-refractivity contribution in [3.8, 4) is 0 Å². The number of carbonyl (C=O) groups is 3. The molecule has 1 aromatic heterocycles. The summed E-state index contributed by atoms with van der Waals surface area (Å²) < 4.78 is 5.02. The maximum absolute atomic E-state index is 14.1. The number of anilines is 1. The number of hydrogen-bond donors (Lipinski definition) is 2. The monoisotopic (exact) mass is 494 g/mol. The lowest BCUT2D eigenvalue weighted by molar-refractivity contribution is -0.120. The molecular weight excluding hydrogens is 468 g/mol. The molecule has 2 aliphatic heterocycles. The largest absolute Gasteiger partial charge is 0.383 e. The SMILES string of the molecule is COCCNC(=O)c1ccccc1N1C(=O)C2Cc3c([nH]c4ccccc34)C(c3ccccc3)N2C1=O. The topological polar surface area (TPSA) is 94.7 Å². The molecule has 8 nitrogen and oxygen atoms in total. The average molecular weight is 495 g/mol. The molecule has 0 bridgehead atoms. The zero-order valence-corrected chi connectivity index (χ0v) is 20.3. The number of aromatic nitrogens is 1. The molecule has 2 unspecified atom stereocenters. The molecule has 4 amide bonds. The Labute approximate surface area is 213 Å². The molecule has 2 aliphatic rings. The molecule has 0 spiro atoms. The number of nitrogens with zero attached hydrogens (tertiary/aromatic N) is 2. The normalized spacial score (nSPS) is 18.7. The first-order valence-electron chi connectivity index (χ1n) is 12.3. The Balaban J connectivity index is 1.45. The lowest BCUT2D eigenvalue weighted by Gasteiger charge is -2.36. The molecule has 4 aromatic rings. The molecule has 3 heterocycles. The van der Waals surface area contributed by atoms with Crippen LogP contribution in [0.2, 0.25) is 0 Å². The molecule has 8 heteroatoms. The zero-order chi connectivity index (χ0) is 25.5. The van der Waals surface area contributed by atoms with Crippen LogP contribution in [0.25, 0.3) is 10.9 Å². The van der Waals surface area contributed by atoms with Crippen LogP contribution in [0.4, 0.5) is 10.5 Å². The van der Waals surface area contributed by atoms with E-state index in [1.807, 2.05) is 54.6 Å². The number of ether oxygens (including phenoxy) is 1. The number of benzene rings is 3. The molecule has 186 valence electrons. The van der Waals surface area contributed by atoms with Gasteiger partial charge in [0, 0.05) is 36.7 Å². The van der Waals surface area contributed by atoms with E-state index in [0.29, 0.717) is 19.6 Å². The number of methoxy groups -OCH3 is 1. The van der Waals surface area contributed by atoms with E-state index < -0.39 is 18.1 Å². The van der Waals surface area contributed by atoms with Gasteiger partial charge in [-0.2, -0.15) is 0 Å². The lowest BCUT2D eigenvalue weighted by Crippen LogP contribution is -2.44. The molecule has 1 fully saturated rings. The smallest absolute Gasteiger partial charge is 0.332 e. The Morgan fingerprint density at radius 2 is 1.73 bits per heavy atom. The average Bonchev–Trinajstić information content (AvgIpc) is 3.42. The maximum Gasteiger partial charge on any atom is 0.332 e. The summed E-state index contributed by atoms with van der Waals surface area (Å²) >= 11 is 0. The van der Waals surface area contributed by atoms with E-state index in [2.05, 4.69) is 10.3 Å². The number of carbonyl (C=O) groups excluding carboxylic acids is 3. The molecule has 2 N–H and O–H groups in total. The number of nitrogens with one attached hydrogen (secondary N) is 2. The summed E-state index contributed by atoms with van der Waals surface area (Å²) in [6, 6.07) is 22.9. The number of urea groups is 1. The van der Waals surface area contributed by atoms with E-state index in [1.54, 1.807) is 36.3 Å². The van der Waals surface area contributed by atoms with Gasteiger partial charge in [0.05, 0.1) is 17.9 Å². The number of hydrogen-bond acceptors (Lipinski definition) is 4. The summed E-state index contributed by atoms with van der Waals surface area (Å²) in [6.07, 6.45) is 0.395. The second-order valence-corrected chi connectivity index (χ2v) is 9.23. The third-order valence-electron chi connectivity index (χ3n) is 7.15. The molecule has 6 rings (SSSR count). The Morgan fingerprint density at radius 3 is 2.54 bits per heavy atom. The fraction of sp³-hybridized carbons (Fsp3) is 0.207. The fourth-order valence-corrected chi connectivity index (χ4v) is 5.50. The van der Waals surface area contributed by atoms with Crippen molar-refractivity contribution in [3.05, 3.63) is 101 Å². The number of rotatable bonds is 6. The first kappa shape index (κ1) is 23.0. The third kappa shape index (κ3) is 3.68. The van der Waals surface area contributed by atoms with Crippen LogP contribution in [-0.2, 0) is 16.0 Å². The summed E-state index contributed by atoms with van der Waals surface area (Å²) in [4.78, 5) is 47.3. The molecule has 0 radical (unpaired) electrons. The van der Waals surface area contributed by atoms with Crippen molar-refractivity contribution in [2.24, 2.45) is 0 Å². The van der Waals surface area contributed by atoms with Crippen molar-refractivity contribution >= 4 is 34.4 Å². The van der Waals surface area contributed by atoms with Gasteiger partial charge in [-0.05, 0) is 29.3 Å². The number of fused-ring (bicyclic) bond motifs is 4. The van der Waals surface area contributed by atoms with Gasteiger partial charge in [0.15, 0.2) is 0 Å². The van der Waals surface area contributed by atoms with Gasteiger partial charge >= 0.3 is 6.03 Å². The van der Waals surface area contributed by atoms with E-state index in [9.17, 15) is 14.4 Å². The molecular formula is C29H26N4O4. The molecule has 0 aliphatic carbocycles. The van der Waals surface area contributed by atoms with Crippen LogP contribution in [0.3, 0.4) is 0 Å². The van der Waals surface area contributed by atoms with E-state index in [4.69, 9.17) is 4.74 Å². The van der Waals surface area contributed by atoms with Crippen molar-refractivity contribution in [1.29, 1.82) is 0 Å². The highest BCUT2D eigenvalue weighted by atomic mass is 16.5. The van der Waals surface area contributed by atoms with E-state index in [0.717, 1.165) is 27.7 Å². The third-order valence-corrected chi connectivity index (χ3v) is 7.15. The van der Waals surface area contributed by atoms with Crippen molar-refractivity contribution in [2.45, 2.75) is 18.5 Å². The van der Waals surface area contributed by atoms with Crippen LogP contribution >= 0.6 is 0 Å². The van der Waals surface area contributed by atoms with Crippen molar-refractivity contribution in [1.82, 2.24) is 15.2 Å². The number of amides is 4. The minimum Gasteiger partial charge on any atom is -0.383 e. The second-order valence-electron chi connectivity index (χ2n) is 9.23. The van der Waals surface area contributed by atoms with Gasteiger partial charge in [0.1, 0.15) is 12.1 Å². The summed E-state index contributed by atoms with van der Waals surface area (Å²) in [6.45, 7) is 0.675. The van der Waals surface area contributed by atoms with Crippen molar-refractivity contribution < 1.29 is 19.1 Å². The van der Waals surface area contributed by atoms with E-state index in [-0.39, 0.29) is 23.1 Å². The zero-order valence-electron chi connectivity index (χ0n) is 20.3. The van der Waals surface area contributed by atoms with Gasteiger partial charge in [0.2, 0.25) is 0 Å². The molecule has 37 heavy (non-hydrogen) atoms. The van der Waals surface area contributed by atoms with Crippen LogP contribution in [0.15, 0.2) is 78.9 Å². The molecule has 1 saturated heterocycles. The minimum absolute atomic E-state index is 0.264. The highest BCUT2D eigenvalue weighted by Crippen LogP contribution is 2.45. The van der Waals surface area contributed by atoms with Crippen molar-refractivity contribution in [2.75, 3.05) is 25.2 Å². The molecule has 2 atom stereocenters. The van der Waals surface area contributed by atoms with E-state index in [1.165, 1.54) is 4.90 Å². The van der Waals surface area contributed by atoms with Gasteiger partial charge in [-0.3, -0.25) is 14.5 Å². The van der Waals surface area contributed by atoms with Crippen LogP contribution < -0.4 is 10.2 Å². The van der Waals surface area contributed by atoms with Crippen LogP contribution in [0, 0.1) is 0 Å². The molecule has 0 saturated carbocycles. The number of aromatic amines is 1.